The second-order valence-electron chi connectivity index (χ2n) is 20.2. The van der Waals surface area contributed by atoms with Gasteiger partial charge in [0.25, 0.3) is 0 Å². The summed E-state index contributed by atoms with van der Waals surface area (Å²) in [6.07, 6.45) is 0. The van der Waals surface area contributed by atoms with Gasteiger partial charge in [0.05, 0.1) is 0 Å². The van der Waals surface area contributed by atoms with E-state index in [4.69, 9.17) is 9.47 Å². The molecule has 0 aliphatic carbocycles. The molecule has 0 aliphatic heterocycles. The van der Waals surface area contributed by atoms with E-state index in [-0.39, 0.29) is 11.5 Å². The maximum absolute atomic E-state index is 15.2. The van der Waals surface area contributed by atoms with E-state index in [0.29, 0.717) is 35.6 Å². The van der Waals surface area contributed by atoms with Crippen molar-refractivity contribution in [2.45, 2.75) is 39.3 Å². The van der Waals surface area contributed by atoms with Gasteiger partial charge in [-0.15, -0.1) is 0 Å². The summed E-state index contributed by atoms with van der Waals surface area (Å²) < 4.78 is 101. The Morgan fingerprint density at radius 2 is 0.686 bits per heavy atom. The molecule has 0 amide bonds. The van der Waals surface area contributed by atoms with Crippen molar-refractivity contribution >= 4 is 93.0 Å². The van der Waals surface area contributed by atoms with Crippen LogP contribution in [0, 0.1) is 34.9 Å². The van der Waals surface area contributed by atoms with E-state index >= 15 is 17.6 Å². The quantitative estimate of drug-likeness (QED) is 0.0692. The molecule has 10 rings (SSSR count). The van der Waals surface area contributed by atoms with Gasteiger partial charge >= 0.3 is 397 Å². The van der Waals surface area contributed by atoms with Crippen LogP contribution in [-0.4, -0.2) is 16.1 Å². The van der Waals surface area contributed by atoms with Gasteiger partial charge in [0.15, 0.2) is 0 Å². The van der Waals surface area contributed by atoms with Crippen LogP contribution in [-0.2, 0) is 0 Å². The Morgan fingerprint density at radius 3 is 1.03 bits per heavy atom. The second kappa shape index (κ2) is 17.8. The zero-order valence-electron chi connectivity index (χ0n) is 39.3. The Labute approximate surface area is 403 Å². The summed E-state index contributed by atoms with van der Waals surface area (Å²) in [5, 5.41) is 8.00. The minimum absolute atomic E-state index is 0.133. The Balaban J connectivity index is 1.20. The summed E-state index contributed by atoms with van der Waals surface area (Å²) in [5.74, 6) is -8.03. The number of halogens is 6. The first-order valence-electron chi connectivity index (χ1n) is 23.3. The fourth-order valence-corrected chi connectivity index (χ4v) is 12.0. The molecule has 10 aromatic carbocycles. The molecule has 0 radical (unpaired) electrons. The summed E-state index contributed by atoms with van der Waals surface area (Å²) in [5.41, 5.74) is 3.96. The predicted octanol–water partition coefficient (Wildman–Crippen LogP) is 16.5. The molecule has 0 heterocycles. The van der Waals surface area contributed by atoms with E-state index in [9.17, 15) is 8.78 Å². The SMILES string of the molecule is C[SiH-](C)(C)c1ccc(N(c2ccccc2Oc2c(F)cc(F)cc2F)c2ccc3ccc4c(N(c5ccc([SiH-](C)(C)C)cc5)c5ccccc5Oc5c(F)cc(F)cc5F)ccc5ccc2c3c54)cc1. The van der Waals surface area contributed by atoms with Crippen molar-refractivity contribution in [1.29, 1.82) is 0 Å². The van der Waals surface area contributed by atoms with Crippen LogP contribution in [0.5, 0.6) is 23.0 Å². The van der Waals surface area contributed by atoms with Crippen LogP contribution in [0.25, 0.3) is 32.3 Å². The van der Waals surface area contributed by atoms with Gasteiger partial charge in [-0.2, -0.15) is 0 Å². The third-order valence-corrected chi connectivity index (χ3v) is 17.7. The van der Waals surface area contributed by atoms with Gasteiger partial charge in [0.1, 0.15) is 0 Å². The van der Waals surface area contributed by atoms with E-state index < -0.39 is 62.6 Å². The number of hydrogen-bond donors (Lipinski definition) is 0. The number of nitrogens with zero attached hydrogens (tertiary/aromatic N) is 2. The number of hydrogen-bond acceptors (Lipinski definition) is 4. The van der Waals surface area contributed by atoms with Crippen molar-refractivity contribution in [1.82, 2.24) is 0 Å². The molecule has 0 bridgehead atoms. The molecular formula is C58H48F6N2O2Si2-2. The molecule has 0 saturated carbocycles. The number of para-hydroxylation sites is 4. The van der Waals surface area contributed by atoms with Crippen LogP contribution in [0.15, 0.2) is 170 Å². The van der Waals surface area contributed by atoms with Gasteiger partial charge in [-0.1, -0.05) is 0 Å². The van der Waals surface area contributed by atoms with Crippen LogP contribution in [0.3, 0.4) is 0 Å². The molecule has 0 aliphatic rings. The van der Waals surface area contributed by atoms with Gasteiger partial charge in [-0.25, -0.2) is 8.78 Å². The number of benzene rings is 10. The summed E-state index contributed by atoms with van der Waals surface area (Å²) in [4.78, 5) is 4.01. The van der Waals surface area contributed by atoms with E-state index in [1.807, 2.05) is 82.6 Å². The van der Waals surface area contributed by atoms with Crippen LogP contribution >= 0.6 is 0 Å². The molecule has 0 aromatic heterocycles. The first-order chi connectivity index (χ1) is 33.4. The second-order valence-corrected chi connectivity index (χ2v) is 31.9. The summed E-state index contributed by atoms with van der Waals surface area (Å²) in [6, 6.07) is 49.3. The number of anilines is 6. The third kappa shape index (κ3) is 8.51. The minimum atomic E-state index is -2.05. The number of ether oxygens (including phenoxy) is 2. The zero-order valence-corrected chi connectivity index (χ0v) is 41.6. The Bertz CT molecular complexity index is 3330. The molecule has 4 nitrogen and oxygen atoms in total. The van der Waals surface area contributed by atoms with Gasteiger partial charge in [0, 0.05) is 0 Å². The van der Waals surface area contributed by atoms with Crippen LogP contribution in [0.4, 0.5) is 60.5 Å². The topological polar surface area (TPSA) is 24.9 Å². The molecule has 10 aromatic rings. The van der Waals surface area contributed by atoms with Crippen LogP contribution in [0.1, 0.15) is 0 Å². The molecular weight excluding hydrogens is 927 g/mol. The molecule has 12 heteroatoms. The summed E-state index contributed by atoms with van der Waals surface area (Å²) in [6.45, 7) is 13.8. The summed E-state index contributed by atoms with van der Waals surface area (Å²) in [7, 11) is -4.11. The van der Waals surface area contributed by atoms with Crippen molar-refractivity contribution in [2.75, 3.05) is 9.80 Å². The molecule has 0 fully saturated rings. The van der Waals surface area contributed by atoms with Crippen molar-refractivity contribution < 1.29 is 35.8 Å². The molecule has 354 valence electrons. The molecule has 0 atom stereocenters. The van der Waals surface area contributed by atoms with Crippen molar-refractivity contribution in [3.05, 3.63) is 205 Å². The third-order valence-electron chi connectivity index (χ3n) is 13.0. The van der Waals surface area contributed by atoms with E-state index in [1.165, 1.54) is 10.4 Å². The number of rotatable bonds is 12. The monoisotopic (exact) mass is 974 g/mol. The van der Waals surface area contributed by atoms with Crippen molar-refractivity contribution in [2.24, 2.45) is 0 Å². The Kier molecular flexibility index (Phi) is 11.7. The molecule has 0 saturated heterocycles. The first-order valence-corrected chi connectivity index (χ1v) is 31.4. The molecule has 0 spiro atoms. The van der Waals surface area contributed by atoms with Crippen LogP contribution in [0.2, 0.25) is 39.3 Å². The standard InChI is InChI=1S/C58H48F6N2O2Si2/c1-69(2,3)41-23-19-39(20-24-41)65(51-11-7-9-13-53(51)67-57-45(61)31-37(59)32-46(57)62)49-29-17-35-16-28-44-50(30-18-36-15-27-43(49)55(35)56(36)44)66(40-21-25-42(26-22-40)70(4,5)6)52-12-8-10-14-54(52)68-58-47(63)33-38(60)34-48(58)64/h7-34,69-70H,1-6H3/q-2. The predicted molar refractivity (Wildman–Crippen MR) is 281 cm³/mol. The van der Waals surface area contributed by atoms with Gasteiger partial charge < -0.3 is 0 Å². The van der Waals surface area contributed by atoms with Crippen molar-refractivity contribution in [3.8, 4) is 23.0 Å². The Morgan fingerprint density at radius 1 is 0.357 bits per heavy atom. The fraction of sp³-hybridized carbons (Fsp3) is 0.103. The first kappa shape index (κ1) is 46.2. The average molecular weight is 975 g/mol. The van der Waals surface area contributed by atoms with Gasteiger partial charge in [-0.3, -0.25) is 0 Å². The normalized spacial score (nSPS) is 12.5. The van der Waals surface area contributed by atoms with Crippen LogP contribution < -0.4 is 29.6 Å². The average Bonchev–Trinajstić information content (AvgIpc) is 3.32. The molecule has 70 heavy (non-hydrogen) atoms. The maximum atomic E-state index is 15.2. The van der Waals surface area contributed by atoms with E-state index in [0.717, 1.165) is 55.1 Å². The van der Waals surface area contributed by atoms with E-state index in [1.54, 1.807) is 24.3 Å². The van der Waals surface area contributed by atoms with E-state index in [2.05, 4.69) is 87.8 Å². The summed E-state index contributed by atoms with van der Waals surface area (Å²) >= 11 is 0. The zero-order chi connectivity index (χ0) is 49.2. The molecule has 0 N–H and O–H groups in total. The Hall–Kier alpha value is -7.55. The molecule has 0 unspecified atom stereocenters. The fourth-order valence-electron chi connectivity index (χ4n) is 9.31. The van der Waals surface area contributed by atoms with Gasteiger partial charge in [0.2, 0.25) is 0 Å². The van der Waals surface area contributed by atoms with Crippen molar-refractivity contribution in [3.63, 3.8) is 0 Å². The van der Waals surface area contributed by atoms with Gasteiger partial charge in [-0.05, 0) is 0 Å².